The Morgan fingerprint density at radius 1 is 1.63 bits per heavy atom. The van der Waals surface area contributed by atoms with Crippen LogP contribution in [0.1, 0.15) is 30.3 Å². The molecule has 0 saturated carbocycles. The lowest BCUT2D eigenvalue weighted by Gasteiger charge is -2.22. The van der Waals surface area contributed by atoms with Gasteiger partial charge in [-0.15, -0.1) is 0 Å². The normalized spacial score (nSPS) is 18.8. The maximum absolute atomic E-state index is 12.2. The zero-order valence-electron chi connectivity index (χ0n) is 10.6. The minimum Gasteiger partial charge on any atom is -0.359 e. The first-order valence-corrected chi connectivity index (χ1v) is 6.23. The third-order valence-corrected chi connectivity index (χ3v) is 3.24. The van der Waals surface area contributed by atoms with Crippen LogP contribution in [-0.2, 0) is 0 Å². The maximum Gasteiger partial charge on any atom is 0.322 e. The average Bonchev–Trinajstić information content (AvgIpc) is 3.07. The van der Waals surface area contributed by atoms with E-state index in [1.54, 1.807) is 17.3 Å². The summed E-state index contributed by atoms with van der Waals surface area (Å²) in [5.74, 6) is 0.748. The highest BCUT2D eigenvalue weighted by molar-refractivity contribution is 5.89. The second-order valence-corrected chi connectivity index (χ2v) is 4.64. The molecule has 3 rings (SSSR count). The van der Waals surface area contributed by atoms with E-state index in [4.69, 9.17) is 4.52 Å². The second-order valence-electron chi connectivity index (χ2n) is 4.64. The number of nitrogens with one attached hydrogen (secondary N) is 2. The fourth-order valence-corrected chi connectivity index (χ4v) is 2.36. The number of aromatic nitrogens is 3. The molecule has 2 amide bonds. The summed E-state index contributed by atoms with van der Waals surface area (Å²) in [6.07, 6.45) is 5.07. The highest BCUT2D eigenvalue weighted by Gasteiger charge is 2.32. The molecular weight excluding hydrogens is 246 g/mol. The Morgan fingerprint density at radius 2 is 2.53 bits per heavy atom. The van der Waals surface area contributed by atoms with Crippen LogP contribution < -0.4 is 5.32 Å². The predicted molar refractivity (Wildman–Crippen MR) is 67.5 cm³/mol. The van der Waals surface area contributed by atoms with Crippen LogP contribution in [0.2, 0.25) is 0 Å². The van der Waals surface area contributed by atoms with Crippen molar-refractivity contribution < 1.29 is 9.32 Å². The van der Waals surface area contributed by atoms with Gasteiger partial charge < -0.3 is 14.7 Å². The number of aryl methyl sites for hydroxylation is 1. The van der Waals surface area contributed by atoms with Crippen LogP contribution >= 0.6 is 0 Å². The quantitative estimate of drug-likeness (QED) is 0.866. The van der Waals surface area contributed by atoms with Crippen molar-refractivity contribution in [1.82, 2.24) is 20.3 Å². The minimum absolute atomic E-state index is 0.0342. The number of aromatic amines is 1. The molecule has 7 nitrogen and oxygen atoms in total. The van der Waals surface area contributed by atoms with Gasteiger partial charge in [0.2, 0.25) is 0 Å². The van der Waals surface area contributed by atoms with E-state index in [9.17, 15) is 4.79 Å². The Hall–Kier alpha value is -2.31. The summed E-state index contributed by atoms with van der Waals surface area (Å²) in [5.41, 5.74) is 1.49. The van der Waals surface area contributed by atoms with E-state index in [0.29, 0.717) is 12.2 Å². The highest BCUT2D eigenvalue weighted by Crippen LogP contribution is 2.32. The second kappa shape index (κ2) is 4.75. The Bertz CT molecular complexity index is 562. The number of rotatable bonds is 2. The van der Waals surface area contributed by atoms with Crippen molar-refractivity contribution in [2.45, 2.75) is 25.8 Å². The number of carbonyl (C=O) groups excluding carboxylic acids is 1. The lowest BCUT2D eigenvalue weighted by atomic mass is 10.1. The Morgan fingerprint density at radius 3 is 3.21 bits per heavy atom. The van der Waals surface area contributed by atoms with Crippen LogP contribution in [0.15, 0.2) is 23.0 Å². The zero-order valence-corrected chi connectivity index (χ0v) is 10.6. The van der Waals surface area contributed by atoms with Gasteiger partial charge in [0, 0.05) is 18.8 Å². The van der Waals surface area contributed by atoms with Crippen LogP contribution in [0.4, 0.5) is 10.5 Å². The lowest BCUT2D eigenvalue weighted by molar-refractivity contribution is 0.195. The van der Waals surface area contributed by atoms with Crippen molar-refractivity contribution >= 4 is 11.7 Å². The van der Waals surface area contributed by atoms with E-state index in [-0.39, 0.29) is 12.1 Å². The lowest BCUT2D eigenvalue weighted by Crippen LogP contribution is -2.34. The molecule has 0 bridgehead atoms. The SMILES string of the molecule is Cc1cc([C@@H]2CCCN2C(=O)Nc2cn[nH]c2)on1. The predicted octanol–water partition coefficient (Wildman–Crippen LogP) is 2.08. The summed E-state index contributed by atoms with van der Waals surface area (Å²) < 4.78 is 5.27. The van der Waals surface area contributed by atoms with Crippen molar-refractivity contribution in [3.8, 4) is 0 Å². The Kier molecular flexibility index (Phi) is 2.94. The highest BCUT2D eigenvalue weighted by atomic mass is 16.5. The van der Waals surface area contributed by atoms with Gasteiger partial charge in [-0.05, 0) is 19.8 Å². The van der Waals surface area contributed by atoms with Gasteiger partial charge in [-0.3, -0.25) is 5.10 Å². The summed E-state index contributed by atoms with van der Waals surface area (Å²) in [6.45, 7) is 2.59. The van der Waals surface area contributed by atoms with Crippen LogP contribution in [0.3, 0.4) is 0 Å². The number of hydrogen-bond donors (Lipinski definition) is 2. The van der Waals surface area contributed by atoms with Gasteiger partial charge >= 0.3 is 6.03 Å². The van der Waals surface area contributed by atoms with Gasteiger partial charge in [0.1, 0.15) is 0 Å². The number of amides is 2. The third kappa shape index (κ3) is 2.31. The molecule has 0 aliphatic carbocycles. The number of nitrogens with zero attached hydrogens (tertiary/aromatic N) is 3. The summed E-state index contributed by atoms with van der Waals surface area (Å²) in [4.78, 5) is 14.0. The molecule has 2 N–H and O–H groups in total. The topological polar surface area (TPSA) is 87.0 Å². The first-order chi connectivity index (χ1) is 9.24. The van der Waals surface area contributed by atoms with Gasteiger partial charge in [-0.2, -0.15) is 5.10 Å². The number of carbonyl (C=O) groups is 1. The molecule has 0 radical (unpaired) electrons. The fraction of sp³-hybridized carbons (Fsp3) is 0.417. The van der Waals surface area contributed by atoms with E-state index in [0.717, 1.165) is 24.3 Å². The van der Waals surface area contributed by atoms with Crippen LogP contribution in [0.25, 0.3) is 0 Å². The van der Waals surface area contributed by atoms with Gasteiger partial charge in [-0.25, -0.2) is 4.79 Å². The van der Waals surface area contributed by atoms with Gasteiger partial charge in [0.05, 0.1) is 23.6 Å². The van der Waals surface area contributed by atoms with Crippen molar-refractivity contribution in [3.63, 3.8) is 0 Å². The molecule has 0 aromatic carbocycles. The number of anilines is 1. The monoisotopic (exact) mass is 261 g/mol. The van der Waals surface area contributed by atoms with Crippen molar-refractivity contribution in [3.05, 3.63) is 29.9 Å². The molecule has 19 heavy (non-hydrogen) atoms. The molecule has 2 aromatic rings. The van der Waals surface area contributed by atoms with E-state index in [1.807, 2.05) is 13.0 Å². The molecule has 1 aliphatic heterocycles. The summed E-state index contributed by atoms with van der Waals surface area (Å²) >= 11 is 0. The van der Waals surface area contributed by atoms with Crippen LogP contribution in [0, 0.1) is 6.92 Å². The van der Waals surface area contributed by atoms with Crippen molar-refractivity contribution in [2.24, 2.45) is 0 Å². The molecule has 2 aromatic heterocycles. The smallest absolute Gasteiger partial charge is 0.322 e. The molecule has 1 aliphatic rings. The first kappa shape index (κ1) is 11.8. The van der Waals surface area contributed by atoms with E-state index < -0.39 is 0 Å². The number of hydrogen-bond acceptors (Lipinski definition) is 4. The molecule has 1 atom stereocenters. The minimum atomic E-state index is -0.141. The molecule has 0 unspecified atom stereocenters. The molecule has 100 valence electrons. The number of likely N-dealkylation sites (tertiary alicyclic amines) is 1. The Labute approximate surface area is 110 Å². The van der Waals surface area contributed by atoms with Gasteiger partial charge in [-0.1, -0.05) is 5.16 Å². The zero-order chi connectivity index (χ0) is 13.2. The molecule has 0 spiro atoms. The summed E-state index contributed by atoms with van der Waals surface area (Å²) in [5, 5.41) is 13.1. The van der Waals surface area contributed by atoms with E-state index in [1.165, 1.54) is 0 Å². The standard InChI is InChI=1S/C12H15N5O2/c1-8-5-11(19-16-8)10-3-2-4-17(10)12(18)15-9-6-13-14-7-9/h5-7,10H,2-4H2,1H3,(H,13,14)(H,15,18)/t10-/m0/s1. The van der Waals surface area contributed by atoms with E-state index >= 15 is 0 Å². The molecular formula is C12H15N5O2. The number of urea groups is 1. The fourth-order valence-electron chi connectivity index (χ4n) is 2.36. The summed E-state index contributed by atoms with van der Waals surface area (Å²) in [6, 6.07) is 1.71. The third-order valence-electron chi connectivity index (χ3n) is 3.24. The number of H-pyrrole nitrogens is 1. The van der Waals surface area contributed by atoms with Crippen molar-refractivity contribution in [2.75, 3.05) is 11.9 Å². The van der Waals surface area contributed by atoms with Crippen molar-refractivity contribution in [1.29, 1.82) is 0 Å². The Balaban J connectivity index is 1.74. The largest absolute Gasteiger partial charge is 0.359 e. The van der Waals surface area contributed by atoms with Crippen LogP contribution in [0.5, 0.6) is 0 Å². The van der Waals surface area contributed by atoms with Gasteiger partial charge in [0.15, 0.2) is 5.76 Å². The summed E-state index contributed by atoms with van der Waals surface area (Å²) in [7, 11) is 0. The molecule has 1 fully saturated rings. The molecule has 3 heterocycles. The van der Waals surface area contributed by atoms with E-state index in [2.05, 4.69) is 20.7 Å². The molecule has 1 saturated heterocycles. The average molecular weight is 261 g/mol. The maximum atomic E-state index is 12.2. The van der Waals surface area contributed by atoms with Crippen LogP contribution in [-0.4, -0.2) is 32.8 Å². The van der Waals surface area contributed by atoms with Gasteiger partial charge in [0.25, 0.3) is 0 Å². The first-order valence-electron chi connectivity index (χ1n) is 6.23. The molecule has 7 heteroatoms.